The zero-order chi connectivity index (χ0) is 25.0. The quantitative estimate of drug-likeness (QED) is 0.471. The second-order valence-electron chi connectivity index (χ2n) is 9.26. The number of nitrogens with zero attached hydrogens (tertiary/aromatic N) is 1. The Labute approximate surface area is 200 Å². The molecular weight excluding hydrogens is 432 g/mol. The third-order valence-corrected chi connectivity index (χ3v) is 5.82. The van der Waals surface area contributed by atoms with Gasteiger partial charge in [-0.15, -0.1) is 0 Å². The molecule has 1 unspecified atom stereocenters. The molecule has 180 valence electrons. The Kier molecular flexibility index (Phi) is 7.44. The van der Waals surface area contributed by atoms with Crippen LogP contribution in [0.3, 0.4) is 0 Å². The van der Waals surface area contributed by atoms with Gasteiger partial charge in [-0.2, -0.15) is 0 Å². The summed E-state index contributed by atoms with van der Waals surface area (Å²) in [6.45, 7) is 9.80. The Balaban J connectivity index is 1.99. The molecule has 1 atom stereocenters. The van der Waals surface area contributed by atoms with E-state index in [1.807, 2.05) is 24.3 Å². The molecule has 0 fully saturated rings. The maximum atomic E-state index is 13.1. The highest BCUT2D eigenvalue weighted by molar-refractivity contribution is 5.95. The highest BCUT2D eigenvalue weighted by Gasteiger charge is 2.37. The van der Waals surface area contributed by atoms with Gasteiger partial charge in [0.25, 0.3) is 0 Å². The average molecular weight is 465 g/mol. The van der Waals surface area contributed by atoms with Gasteiger partial charge in [-0.1, -0.05) is 45.0 Å². The van der Waals surface area contributed by atoms with Crippen LogP contribution in [0, 0.1) is 0 Å². The van der Waals surface area contributed by atoms with Crippen LogP contribution < -0.4 is 10.1 Å². The Morgan fingerprint density at radius 3 is 2.18 bits per heavy atom. The number of amides is 2. The van der Waals surface area contributed by atoms with Crippen molar-refractivity contribution in [1.29, 1.82) is 0 Å². The summed E-state index contributed by atoms with van der Waals surface area (Å²) in [6, 6.07) is 13.6. The number of Topliss-reactive ketones (excluding diaryl/α,β-unsaturated/α-hetero) is 1. The van der Waals surface area contributed by atoms with Crippen molar-refractivity contribution in [3.63, 3.8) is 0 Å². The molecule has 1 heterocycles. The Morgan fingerprint density at radius 2 is 1.65 bits per heavy atom. The van der Waals surface area contributed by atoms with E-state index in [4.69, 9.17) is 9.47 Å². The molecule has 0 aromatic heterocycles. The van der Waals surface area contributed by atoms with Crippen LogP contribution in [0.5, 0.6) is 5.75 Å². The third kappa shape index (κ3) is 5.47. The lowest BCUT2D eigenvalue weighted by atomic mass is 9.85. The van der Waals surface area contributed by atoms with E-state index >= 15 is 0 Å². The standard InChI is InChI=1S/C27H32N2O5/c1-7-33-25(31)23-22(16-34-21-14-10-18(11-15-21)17(2)30)29(6)26(32)28-24(23)19-8-12-20(13-9-19)27(3,4)5/h8-15,24H,7,16H2,1-6H3,(H,28,32). The maximum Gasteiger partial charge on any atom is 0.338 e. The second-order valence-corrected chi connectivity index (χ2v) is 9.26. The number of carbonyl (C=O) groups is 3. The predicted molar refractivity (Wildman–Crippen MR) is 130 cm³/mol. The van der Waals surface area contributed by atoms with Gasteiger partial charge in [0, 0.05) is 12.6 Å². The lowest BCUT2D eigenvalue weighted by Crippen LogP contribution is -2.48. The van der Waals surface area contributed by atoms with E-state index in [2.05, 4.69) is 26.1 Å². The molecule has 1 N–H and O–H groups in total. The van der Waals surface area contributed by atoms with Crippen LogP contribution in [-0.2, 0) is 14.9 Å². The summed E-state index contributed by atoms with van der Waals surface area (Å²) in [5.41, 5.74) is 3.23. The number of esters is 1. The number of likely N-dealkylation sites (N-methyl/N-ethyl adjacent to an activating group) is 1. The summed E-state index contributed by atoms with van der Waals surface area (Å²) in [5, 5.41) is 2.91. The molecule has 0 aliphatic carbocycles. The van der Waals surface area contributed by atoms with E-state index in [9.17, 15) is 14.4 Å². The molecular formula is C27H32N2O5. The first-order valence-corrected chi connectivity index (χ1v) is 11.3. The minimum Gasteiger partial charge on any atom is -0.487 e. The highest BCUT2D eigenvalue weighted by Crippen LogP contribution is 2.33. The molecule has 1 aliphatic heterocycles. The fourth-order valence-electron chi connectivity index (χ4n) is 3.74. The van der Waals surface area contributed by atoms with Gasteiger partial charge in [0.1, 0.15) is 12.4 Å². The second kappa shape index (κ2) is 10.1. The van der Waals surface area contributed by atoms with Gasteiger partial charge in [0.2, 0.25) is 0 Å². The van der Waals surface area contributed by atoms with E-state index < -0.39 is 12.0 Å². The first-order chi connectivity index (χ1) is 16.0. The largest absolute Gasteiger partial charge is 0.487 e. The number of rotatable bonds is 7. The first kappa shape index (κ1) is 25.0. The zero-order valence-corrected chi connectivity index (χ0v) is 20.6. The van der Waals surface area contributed by atoms with Crippen molar-refractivity contribution >= 4 is 17.8 Å². The number of benzene rings is 2. The molecule has 0 saturated heterocycles. The highest BCUT2D eigenvalue weighted by atomic mass is 16.5. The fourth-order valence-corrected chi connectivity index (χ4v) is 3.74. The van der Waals surface area contributed by atoms with Gasteiger partial charge in [0.15, 0.2) is 5.78 Å². The number of hydrogen-bond donors (Lipinski definition) is 1. The van der Waals surface area contributed by atoms with E-state index in [0.717, 1.165) is 11.1 Å². The molecule has 0 radical (unpaired) electrons. The molecule has 3 rings (SSSR count). The number of carbonyl (C=O) groups excluding carboxylic acids is 3. The Morgan fingerprint density at radius 1 is 1.03 bits per heavy atom. The molecule has 0 saturated carbocycles. The van der Waals surface area contributed by atoms with E-state index in [1.54, 1.807) is 38.2 Å². The zero-order valence-electron chi connectivity index (χ0n) is 20.6. The van der Waals surface area contributed by atoms with Crippen molar-refractivity contribution in [3.8, 4) is 5.75 Å². The molecule has 2 aromatic carbocycles. The van der Waals surface area contributed by atoms with Gasteiger partial charge >= 0.3 is 12.0 Å². The number of urea groups is 1. The number of ether oxygens (including phenoxy) is 2. The number of hydrogen-bond acceptors (Lipinski definition) is 5. The van der Waals surface area contributed by atoms with Crippen LogP contribution in [0.25, 0.3) is 0 Å². The maximum absolute atomic E-state index is 13.1. The molecule has 34 heavy (non-hydrogen) atoms. The summed E-state index contributed by atoms with van der Waals surface area (Å²) < 4.78 is 11.3. The SMILES string of the molecule is CCOC(=O)C1=C(COc2ccc(C(C)=O)cc2)N(C)C(=O)NC1c1ccc(C(C)(C)C)cc1. The summed E-state index contributed by atoms with van der Waals surface area (Å²) in [6.07, 6.45) is 0. The average Bonchev–Trinajstić information content (AvgIpc) is 2.79. The van der Waals surface area contributed by atoms with Crippen LogP contribution >= 0.6 is 0 Å². The van der Waals surface area contributed by atoms with E-state index in [0.29, 0.717) is 22.6 Å². The monoisotopic (exact) mass is 464 g/mol. The van der Waals surface area contributed by atoms with Gasteiger partial charge in [0.05, 0.1) is 23.9 Å². The van der Waals surface area contributed by atoms with Crippen LogP contribution in [0.1, 0.15) is 62.1 Å². The van der Waals surface area contributed by atoms with Crippen LogP contribution in [0.4, 0.5) is 4.79 Å². The van der Waals surface area contributed by atoms with Crippen molar-refractivity contribution in [1.82, 2.24) is 10.2 Å². The minimum atomic E-state index is -0.671. The first-order valence-electron chi connectivity index (χ1n) is 11.3. The third-order valence-electron chi connectivity index (χ3n) is 5.82. The van der Waals surface area contributed by atoms with Gasteiger partial charge < -0.3 is 14.8 Å². The van der Waals surface area contributed by atoms with Crippen LogP contribution in [0.15, 0.2) is 59.8 Å². The van der Waals surface area contributed by atoms with Crippen molar-refractivity contribution in [2.24, 2.45) is 0 Å². The van der Waals surface area contributed by atoms with E-state index in [1.165, 1.54) is 11.8 Å². The van der Waals surface area contributed by atoms with Crippen molar-refractivity contribution in [2.45, 2.75) is 46.1 Å². The minimum absolute atomic E-state index is 0.0198. The molecule has 7 nitrogen and oxygen atoms in total. The molecule has 2 aromatic rings. The van der Waals surface area contributed by atoms with E-state index in [-0.39, 0.29) is 30.4 Å². The van der Waals surface area contributed by atoms with Crippen molar-refractivity contribution in [2.75, 3.05) is 20.3 Å². The summed E-state index contributed by atoms with van der Waals surface area (Å²) >= 11 is 0. The molecule has 2 amide bonds. The smallest absolute Gasteiger partial charge is 0.338 e. The summed E-state index contributed by atoms with van der Waals surface area (Å²) in [5.74, 6) is -0.0289. The number of ketones is 1. The Hall–Kier alpha value is -3.61. The van der Waals surface area contributed by atoms with Crippen molar-refractivity contribution in [3.05, 3.63) is 76.5 Å². The summed E-state index contributed by atoms with van der Waals surface area (Å²) in [7, 11) is 1.59. The van der Waals surface area contributed by atoms with Gasteiger partial charge in [-0.3, -0.25) is 9.69 Å². The van der Waals surface area contributed by atoms with Crippen LogP contribution in [0.2, 0.25) is 0 Å². The fraction of sp³-hybridized carbons (Fsp3) is 0.370. The lowest BCUT2D eigenvalue weighted by molar-refractivity contribution is -0.139. The Bertz CT molecular complexity index is 1100. The molecule has 0 spiro atoms. The number of nitrogens with one attached hydrogen (secondary N) is 1. The van der Waals surface area contributed by atoms with Crippen molar-refractivity contribution < 1.29 is 23.9 Å². The molecule has 1 aliphatic rings. The topological polar surface area (TPSA) is 84.9 Å². The van der Waals surface area contributed by atoms with Gasteiger partial charge in [-0.05, 0) is 54.7 Å². The van der Waals surface area contributed by atoms with Gasteiger partial charge in [-0.25, -0.2) is 9.59 Å². The predicted octanol–water partition coefficient (Wildman–Crippen LogP) is 4.78. The lowest BCUT2D eigenvalue weighted by Gasteiger charge is -2.34. The molecule has 0 bridgehead atoms. The molecule has 7 heteroatoms. The van der Waals surface area contributed by atoms with Crippen LogP contribution in [-0.4, -0.2) is 42.9 Å². The normalized spacial score (nSPS) is 16.2. The summed E-state index contributed by atoms with van der Waals surface area (Å²) in [4.78, 5) is 38.7.